The van der Waals surface area contributed by atoms with Crippen molar-refractivity contribution in [2.45, 2.75) is 12.8 Å². The minimum Gasteiger partial charge on any atom is -0.317 e. The van der Waals surface area contributed by atoms with Gasteiger partial charge in [0, 0.05) is 6.07 Å². The Balaban J connectivity index is 2.07. The Morgan fingerprint density at radius 2 is 2.05 bits per heavy atom. The Morgan fingerprint density at radius 3 is 2.62 bits per heavy atom. The fraction of sp³-hybridized carbons (Fsp3) is 0.500. The molecule has 0 aromatic heterocycles. The summed E-state index contributed by atoms with van der Waals surface area (Å²) in [5, 5.41) is 13.6. The SMILES string of the molecule is O=[N+]([O-])c1ccc(NS(=O)(=O)CC2CCNCC2)c(F)c1. The van der Waals surface area contributed by atoms with E-state index in [0.29, 0.717) is 6.07 Å². The molecule has 1 aliphatic rings. The van der Waals surface area contributed by atoms with Crippen molar-refractivity contribution < 1.29 is 17.7 Å². The number of nitrogens with one attached hydrogen (secondary N) is 2. The first-order valence-electron chi connectivity index (χ1n) is 6.52. The van der Waals surface area contributed by atoms with E-state index in [4.69, 9.17) is 0 Å². The van der Waals surface area contributed by atoms with Gasteiger partial charge in [-0.2, -0.15) is 0 Å². The molecule has 9 heteroatoms. The first kappa shape index (κ1) is 15.6. The van der Waals surface area contributed by atoms with Gasteiger partial charge in [-0.25, -0.2) is 12.8 Å². The second kappa shape index (κ2) is 6.35. The molecule has 116 valence electrons. The Hall–Kier alpha value is -1.74. The molecule has 7 nitrogen and oxygen atoms in total. The molecule has 0 aliphatic carbocycles. The van der Waals surface area contributed by atoms with E-state index in [0.717, 1.165) is 38.1 Å². The molecule has 0 bridgehead atoms. The van der Waals surface area contributed by atoms with E-state index in [1.165, 1.54) is 0 Å². The first-order valence-corrected chi connectivity index (χ1v) is 8.18. The van der Waals surface area contributed by atoms with Crippen LogP contribution in [-0.2, 0) is 10.0 Å². The zero-order valence-electron chi connectivity index (χ0n) is 11.2. The van der Waals surface area contributed by atoms with Gasteiger partial charge in [0.25, 0.3) is 5.69 Å². The third kappa shape index (κ3) is 4.36. The molecule has 0 spiro atoms. The van der Waals surface area contributed by atoms with Gasteiger partial charge in [0.2, 0.25) is 10.0 Å². The van der Waals surface area contributed by atoms with Crippen LogP contribution in [0, 0.1) is 21.8 Å². The highest BCUT2D eigenvalue weighted by Gasteiger charge is 2.22. The van der Waals surface area contributed by atoms with E-state index in [2.05, 4.69) is 10.0 Å². The molecule has 2 N–H and O–H groups in total. The minimum atomic E-state index is -3.68. The molecule has 1 aromatic rings. The van der Waals surface area contributed by atoms with Crippen LogP contribution >= 0.6 is 0 Å². The lowest BCUT2D eigenvalue weighted by molar-refractivity contribution is -0.385. The van der Waals surface area contributed by atoms with Crippen molar-refractivity contribution in [2.24, 2.45) is 5.92 Å². The summed E-state index contributed by atoms with van der Waals surface area (Å²) in [6, 6.07) is 2.82. The Morgan fingerprint density at radius 1 is 1.38 bits per heavy atom. The second-order valence-corrected chi connectivity index (χ2v) is 6.77. The van der Waals surface area contributed by atoms with Crippen molar-refractivity contribution in [3.05, 3.63) is 34.1 Å². The molecule has 0 radical (unpaired) electrons. The minimum absolute atomic E-state index is 0.0323. The lowest BCUT2D eigenvalue weighted by atomic mass is 10.0. The maximum absolute atomic E-state index is 13.7. The summed E-state index contributed by atoms with van der Waals surface area (Å²) in [7, 11) is -3.68. The molecule has 0 saturated carbocycles. The van der Waals surface area contributed by atoms with Crippen LogP contribution in [0.1, 0.15) is 12.8 Å². The normalized spacial score (nSPS) is 16.6. The largest absolute Gasteiger partial charge is 0.317 e. The van der Waals surface area contributed by atoms with Gasteiger partial charge in [0.1, 0.15) is 0 Å². The smallest absolute Gasteiger partial charge is 0.272 e. The summed E-state index contributed by atoms with van der Waals surface area (Å²) in [5.74, 6) is -1.01. The zero-order valence-corrected chi connectivity index (χ0v) is 12.0. The number of rotatable bonds is 5. The topological polar surface area (TPSA) is 101 Å². The Kier molecular flexibility index (Phi) is 4.73. The van der Waals surface area contributed by atoms with Crippen molar-refractivity contribution in [1.29, 1.82) is 0 Å². The standard InChI is InChI=1S/C12H16FN3O4S/c13-11-7-10(16(17)18)1-2-12(11)15-21(19,20)8-9-3-5-14-6-4-9/h1-2,7,9,14-15H,3-6,8H2. The number of anilines is 1. The van der Waals surface area contributed by atoms with Crippen molar-refractivity contribution in [3.63, 3.8) is 0 Å². The maximum atomic E-state index is 13.7. The van der Waals surface area contributed by atoms with Gasteiger partial charge in [-0.15, -0.1) is 0 Å². The van der Waals surface area contributed by atoms with Crippen LogP contribution in [0.25, 0.3) is 0 Å². The van der Waals surface area contributed by atoms with Crippen LogP contribution in [0.2, 0.25) is 0 Å². The Bertz CT molecular complexity index is 629. The molecule has 1 aromatic carbocycles. The van der Waals surface area contributed by atoms with E-state index in [-0.39, 0.29) is 17.4 Å². The van der Waals surface area contributed by atoms with Crippen molar-refractivity contribution in [3.8, 4) is 0 Å². The molecule has 0 atom stereocenters. The van der Waals surface area contributed by atoms with Gasteiger partial charge < -0.3 is 5.32 Å². The highest BCUT2D eigenvalue weighted by Crippen LogP contribution is 2.22. The monoisotopic (exact) mass is 317 g/mol. The van der Waals surface area contributed by atoms with Crippen LogP contribution in [-0.4, -0.2) is 32.2 Å². The Labute approximate surface area is 121 Å². The average molecular weight is 317 g/mol. The maximum Gasteiger partial charge on any atom is 0.272 e. The number of hydrogen-bond acceptors (Lipinski definition) is 5. The molecule has 1 saturated heterocycles. The van der Waals surface area contributed by atoms with Crippen LogP contribution in [0.5, 0.6) is 0 Å². The average Bonchev–Trinajstić information content (AvgIpc) is 2.41. The number of piperidine rings is 1. The van der Waals surface area contributed by atoms with E-state index >= 15 is 0 Å². The van der Waals surface area contributed by atoms with E-state index < -0.39 is 26.5 Å². The highest BCUT2D eigenvalue weighted by molar-refractivity contribution is 7.92. The molecule has 1 heterocycles. The molecule has 2 rings (SSSR count). The molecular weight excluding hydrogens is 301 g/mol. The van der Waals surface area contributed by atoms with Gasteiger partial charge >= 0.3 is 0 Å². The fourth-order valence-corrected chi connectivity index (χ4v) is 3.81. The third-order valence-electron chi connectivity index (χ3n) is 3.34. The lowest BCUT2D eigenvalue weighted by Gasteiger charge is -2.22. The number of sulfonamides is 1. The van der Waals surface area contributed by atoms with Crippen molar-refractivity contribution in [2.75, 3.05) is 23.6 Å². The molecule has 1 fully saturated rings. The molecule has 0 unspecified atom stereocenters. The molecule has 0 amide bonds. The number of nitro benzene ring substituents is 1. The quantitative estimate of drug-likeness (QED) is 0.632. The van der Waals surface area contributed by atoms with Crippen molar-refractivity contribution >= 4 is 21.4 Å². The summed E-state index contributed by atoms with van der Waals surface area (Å²) in [4.78, 5) is 9.77. The van der Waals surface area contributed by atoms with Gasteiger partial charge in [0.05, 0.1) is 22.4 Å². The van der Waals surface area contributed by atoms with Gasteiger partial charge in [0.15, 0.2) is 5.82 Å². The van der Waals surface area contributed by atoms with E-state index in [1.54, 1.807) is 0 Å². The number of nitro groups is 1. The summed E-state index contributed by atoms with van der Waals surface area (Å²) >= 11 is 0. The summed E-state index contributed by atoms with van der Waals surface area (Å²) in [6.07, 6.45) is 1.51. The predicted octanol–water partition coefficient (Wildman–Crippen LogP) is 1.48. The highest BCUT2D eigenvalue weighted by atomic mass is 32.2. The van der Waals surface area contributed by atoms with Gasteiger partial charge in [-0.05, 0) is 37.9 Å². The number of non-ortho nitro benzene ring substituents is 1. The molecular formula is C12H16FN3O4S. The molecule has 1 aliphatic heterocycles. The number of hydrogen-bond donors (Lipinski definition) is 2. The first-order chi connectivity index (χ1) is 9.87. The van der Waals surface area contributed by atoms with Crippen LogP contribution in [0.15, 0.2) is 18.2 Å². The number of benzene rings is 1. The second-order valence-electron chi connectivity index (χ2n) is 5.00. The summed E-state index contributed by atoms with van der Waals surface area (Å²) in [5.41, 5.74) is -0.691. The zero-order chi connectivity index (χ0) is 15.5. The number of nitrogens with zero attached hydrogens (tertiary/aromatic N) is 1. The van der Waals surface area contributed by atoms with Crippen LogP contribution in [0.4, 0.5) is 15.8 Å². The predicted molar refractivity (Wildman–Crippen MR) is 76.1 cm³/mol. The van der Waals surface area contributed by atoms with Crippen molar-refractivity contribution in [1.82, 2.24) is 5.32 Å². The van der Waals surface area contributed by atoms with Gasteiger partial charge in [-0.3, -0.25) is 14.8 Å². The van der Waals surface area contributed by atoms with Crippen LogP contribution in [0.3, 0.4) is 0 Å². The fourth-order valence-electron chi connectivity index (χ4n) is 2.27. The summed E-state index contributed by atoms with van der Waals surface area (Å²) in [6.45, 7) is 1.54. The lowest BCUT2D eigenvalue weighted by Crippen LogP contribution is -2.33. The summed E-state index contributed by atoms with van der Waals surface area (Å²) < 4.78 is 39.8. The van der Waals surface area contributed by atoms with E-state index in [1.807, 2.05) is 0 Å². The van der Waals surface area contributed by atoms with Crippen LogP contribution < -0.4 is 10.0 Å². The number of halogens is 1. The van der Waals surface area contributed by atoms with E-state index in [9.17, 15) is 22.9 Å². The molecule has 21 heavy (non-hydrogen) atoms. The van der Waals surface area contributed by atoms with Gasteiger partial charge in [-0.1, -0.05) is 0 Å². The third-order valence-corrected chi connectivity index (χ3v) is 4.78.